The molecule has 2 fully saturated rings. The molecule has 3 rings (SSSR count). The summed E-state index contributed by atoms with van der Waals surface area (Å²) in [7, 11) is 0. The van der Waals surface area contributed by atoms with Gasteiger partial charge in [0.2, 0.25) is 5.91 Å². The maximum absolute atomic E-state index is 12.0. The van der Waals surface area contributed by atoms with Crippen LogP contribution in [-0.2, 0) is 4.79 Å². The van der Waals surface area contributed by atoms with E-state index in [1.54, 1.807) is 12.3 Å². The van der Waals surface area contributed by atoms with Gasteiger partial charge in [-0.15, -0.1) is 0 Å². The van der Waals surface area contributed by atoms with Crippen molar-refractivity contribution in [3.63, 3.8) is 0 Å². The zero-order valence-corrected chi connectivity index (χ0v) is 11.4. The van der Waals surface area contributed by atoms with Gasteiger partial charge in [0.15, 0.2) is 0 Å². The van der Waals surface area contributed by atoms with Gasteiger partial charge in [0, 0.05) is 31.2 Å². The number of nitrogens with zero attached hydrogens (tertiary/aromatic N) is 3. The van der Waals surface area contributed by atoms with E-state index in [0.29, 0.717) is 11.6 Å². The average molecular weight is 270 g/mol. The number of aromatic nitrogens is 1. The molecule has 1 amide bonds. The molecule has 5 nitrogen and oxygen atoms in total. The number of hydrogen-bond donors (Lipinski definition) is 1. The summed E-state index contributed by atoms with van der Waals surface area (Å²) in [6.45, 7) is 1.65. The number of carbonyl (C=O) groups excluding carboxylic acids is 1. The molecule has 0 atom stereocenters. The first kappa shape index (κ1) is 12.9. The average Bonchev–Trinajstić information content (AvgIpc) is 3.31. The normalized spacial score (nSPS) is 19.4. The molecule has 1 saturated carbocycles. The van der Waals surface area contributed by atoms with Crippen molar-refractivity contribution in [2.45, 2.75) is 31.7 Å². The Kier molecular flexibility index (Phi) is 3.55. The van der Waals surface area contributed by atoms with Crippen LogP contribution in [0.25, 0.3) is 0 Å². The fourth-order valence-corrected chi connectivity index (χ4v) is 2.58. The Morgan fingerprint density at radius 3 is 2.75 bits per heavy atom. The number of hydrogen-bond acceptors (Lipinski definition) is 4. The van der Waals surface area contributed by atoms with Crippen molar-refractivity contribution in [2.75, 3.05) is 18.0 Å². The van der Waals surface area contributed by atoms with E-state index in [9.17, 15) is 4.79 Å². The third-order valence-electron chi connectivity index (χ3n) is 3.99. The van der Waals surface area contributed by atoms with Gasteiger partial charge in [-0.2, -0.15) is 5.26 Å². The van der Waals surface area contributed by atoms with Crippen LogP contribution >= 0.6 is 0 Å². The predicted octanol–water partition coefficient (Wildman–Crippen LogP) is 1.45. The van der Waals surface area contributed by atoms with E-state index >= 15 is 0 Å². The van der Waals surface area contributed by atoms with Gasteiger partial charge in [0.25, 0.3) is 0 Å². The largest absolute Gasteiger partial charge is 0.357 e. The van der Waals surface area contributed by atoms with Crippen molar-refractivity contribution >= 4 is 11.7 Å². The lowest BCUT2D eigenvalue weighted by Gasteiger charge is -2.32. The zero-order valence-electron chi connectivity index (χ0n) is 11.4. The predicted molar refractivity (Wildman–Crippen MR) is 75.1 cm³/mol. The van der Waals surface area contributed by atoms with Crippen molar-refractivity contribution < 1.29 is 4.79 Å². The van der Waals surface area contributed by atoms with E-state index in [4.69, 9.17) is 5.26 Å². The molecule has 1 aromatic heterocycles. The second-order valence-corrected chi connectivity index (χ2v) is 5.56. The lowest BCUT2D eigenvalue weighted by atomic mass is 9.96. The molecule has 104 valence electrons. The summed E-state index contributed by atoms with van der Waals surface area (Å²) < 4.78 is 0. The van der Waals surface area contributed by atoms with Gasteiger partial charge < -0.3 is 10.2 Å². The molecule has 1 aliphatic carbocycles. The first-order valence-corrected chi connectivity index (χ1v) is 7.18. The van der Waals surface area contributed by atoms with Gasteiger partial charge >= 0.3 is 0 Å². The number of nitriles is 1. The smallest absolute Gasteiger partial charge is 0.223 e. The van der Waals surface area contributed by atoms with Crippen LogP contribution in [0.3, 0.4) is 0 Å². The fourth-order valence-electron chi connectivity index (χ4n) is 2.58. The minimum Gasteiger partial charge on any atom is -0.357 e. The van der Waals surface area contributed by atoms with E-state index in [1.807, 2.05) is 6.07 Å². The van der Waals surface area contributed by atoms with E-state index in [1.165, 1.54) is 0 Å². The van der Waals surface area contributed by atoms with E-state index in [0.717, 1.165) is 44.6 Å². The molecule has 1 saturated heterocycles. The molecule has 2 aliphatic rings. The molecule has 1 N–H and O–H groups in total. The third-order valence-corrected chi connectivity index (χ3v) is 3.99. The zero-order chi connectivity index (χ0) is 13.9. The van der Waals surface area contributed by atoms with Crippen LogP contribution in [-0.4, -0.2) is 30.0 Å². The SMILES string of the molecule is N#Cc1ccnc(N2CCC(C(=O)NC3CC3)CC2)c1. The summed E-state index contributed by atoms with van der Waals surface area (Å²) in [6, 6.07) is 6.09. The monoisotopic (exact) mass is 270 g/mol. The Balaban J connectivity index is 1.57. The minimum absolute atomic E-state index is 0.131. The van der Waals surface area contributed by atoms with E-state index in [2.05, 4.69) is 21.3 Å². The summed E-state index contributed by atoms with van der Waals surface area (Å²) in [6.07, 6.45) is 5.65. The van der Waals surface area contributed by atoms with Crippen molar-refractivity contribution in [1.29, 1.82) is 5.26 Å². The Labute approximate surface area is 118 Å². The van der Waals surface area contributed by atoms with Crippen molar-refractivity contribution in [1.82, 2.24) is 10.3 Å². The van der Waals surface area contributed by atoms with Gasteiger partial charge in [-0.1, -0.05) is 0 Å². The number of amides is 1. The molecular formula is C15H18N4O. The topological polar surface area (TPSA) is 69.0 Å². The molecule has 2 heterocycles. The van der Waals surface area contributed by atoms with Crippen LogP contribution in [0.5, 0.6) is 0 Å². The number of piperidine rings is 1. The van der Waals surface area contributed by atoms with Crippen molar-refractivity contribution in [3.05, 3.63) is 23.9 Å². The summed E-state index contributed by atoms with van der Waals surface area (Å²) in [4.78, 5) is 18.5. The molecule has 0 radical (unpaired) electrons. The molecule has 0 bridgehead atoms. The highest BCUT2D eigenvalue weighted by atomic mass is 16.2. The summed E-state index contributed by atoms with van der Waals surface area (Å²) in [5, 5.41) is 12.0. The molecule has 0 unspecified atom stereocenters. The first-order chi connectivity index (χ1) is 9.76. The second-order valence-electron chi connectivity index (χ2n) is 5.56. The molecule has 0 spiro atoms. The van der Waals surface area contributed by atoms with Crippen LogP contribution < -0.4 is 10.2 Å². The van der Waals surface area contributed by atoms with Crippen LogP contribution in [0.15, 0.2) is 18.3 Å². The van der Waals surface area contributed by atoms with Crippen LogP contribution in [0.2, 0.25) is 0 Å². The Morgan fingerprint density at radius 1 is 1.35 bits per heavy atom. The van der Waals surface area contributed by atoms with Gasteiger partial charge in [0.05, 0.1) is 11.6 Å². The quantitative estimate of drug-likeness (QED) is 0.902. The van der Waals surface area contributed by atoms with Gasteiger partial charge in [-0.3, -0.25) is 4.79 Å². The molecule has 0 aromatic carbocycles. The first-order valence-electron chi connectivity index (χ1n) is 7.18. The van der Waals surface area contributed by atoms with Crippen LogP contribution in [0.4, 0.5) is 5.82 Å². The Hall–Kier alpha value is -2.09. The highest BCUT2D eigenvalue weighted by Crippen LogP contribution is 2.24. The minimum atomic E-state index is 0.131. The highest BCUT2D eigenvalue weighted by Gasteiger charge is 2.30. The van der Waals surface area contributed by atoms with Gasteiger partial charge in [-0.25, -0.2) is 4.98 Å². The third kappa shape index (κ3) is 2.90. The van der Waals surface area contributed by atoms with E-state index in [-0.39, 0.29) is 11.8 Å². The molecule has 1 aliphatic heterocycles. The number of carbonyl (C=O) groups is 1. The molecular weight excluding hydrogens is 252 g/mol. The lowest BCUT2D eigenvalue weighted by molar-refractivity contribution is -0.125. The van der Waals surface area contributed by atoms with Gasteiger partial charge in [0.1, 0.15) is 5.82 Å². The van der Waals surface area contributed by atoms with Gasteiger partial charge in [-0.05, 0) is 37.8 Å². The standard InChI is InChI=1S/C15H18N4O/c16-10-11-3-6-17-14(9-11)19-7-4-12(5-8-19)15(20)18-13-1-2-13/h3,6,9,12-13H,1-2,4-5,7-8H2,(H,18,20). The number of anilines is 1. The van der Waals surface area contributed by atoms with Crippen molar-refractivity contribution in [2.24, 2.45) is 5.92 Å². The molecule has 5 heteroatoms. The Morgan fingerprint density at radius 2 is 2.10 bits per heavy atom. The number of pyridine rings is 1. The fraction of sp³-hybridized carbons (Fsp3) is 0.533. The maximum Gasteiger partial charge on any atom is 0.223 e. The lowest BCUT2D eigenvalue weighted by Crippen LogP contribution is -2.41. The molecule has 1 aromatic rings. The number of nitrogens with one attached hydrogen (secondary N) is 1. The number of rotatable bonds is 3. The van der Waals surface area contributed by atoms with Crippen LogP contribution in [0, 0.1) is 17.2 Å². The summed E-state index contributed by atoms with van der Waals surface area (Å²) in [5.74, 6) is 1.18. The molecule has 20 heavy (non-hydrogen) atoms. The van der Waals surface area contributed by atoms with Crippen molar-refractivity contribution in [3.8, 4) is 6.07 Å². The Bertz CT molecular complexity index is 539. The summed E-state index contributed by atoms with van der Waals surface area (Å²) >= 11 is 0. The van der Waals surface area contributed by atoms with E-state index < -0.39 is 0 Å². The second kappa shape index (κ2) is 5.49. The summed E-state index contributed by atoms with van der Waals surface area (Å²) in [5.41, 5.74) is 0.628. The van der Waals surface area contributed by atoms with Crippen LogP contribution in [0.1, 0.15) is 31.2 Å². The maximum atomic E-state index is 12.0. The highest BCUT2D eigenvalue weighted by molar-refractivity contribution is 5.79.